The van der Waals surface area contributed by atoms with Crippen molar-refractivity contribution in [3.8, 4) is 0 Å². The van der Waals surface area contributed by atoms with Crippen LogP contribution in [0.25, 0.3) is 0 Å². The van der Waals surface area contributed by atoms with Crippen LogP contribution in [0.5, 0.6) is 0 Å². The Bertz CT molecular complexity index is 569. The Morgan fingerprint density at radius 2 is 1.91 bits per heavy atom. The number of carbonyl (C=O) groups is 2. The quantitative estimate of drug-likeness (QED) is 0.501. The van der Waals surface area contributed by atoms with Gasteiger partial charge in [0, 0.05) is 16.8 Å². The summed E-state index contributed by atoms with van der Waals surface area (Å²) in [5.74, 6) is -0.888. The molecule has 1 fully saturated rings. The highest BCUT2D eigenvalue weighted by Gasteiger charge is 2.23. The maximum Gasteiger partial charge on any atom is 0.341 e. The lowest BCUT2D eigenvalue weighted by Gasteiger charge is -2.20. The van der Waals surface area contributed by atoms with Crippen LogP contribution in [0.4, 0.5) is 5.69 Å². The summed E-state index contributed by atoms with van der Waals surface area (Å²) < 4.78 is 5.22. The van der Waals surface area contributed by atoms with E-state index >= 15 is 0 Å². The summed E-state index contributed by atoms with van der Waals surface area (Å²) in [6.07, 6.45) is 5.79. The number of benzene rings is 1. The van der Waals surface area contributed by atoms with E-state index < -0.39 is 12.1 Å². The van der Waals surface area contributed by atoms with Gasteiger partial charge in [-0.2, -0.15) is 0 Å². The normalized spacial score (nSPS) is 17.1. The van der Waals surface area contributed by atoms with Crippen molar-refractivity contribution in [2.75, 3.05) is 5.73 Å². The molecule has 0 saturated heterocycles. The summed E-state index contributed by atoms with van der Waals surface area (Å²) >= 11 is 5.80. The smallest absolute Gasteiger partial charge is 0.341 e. The number of nitrogens with two attached hydrogens (primary N) is 1. The highest BCUT2D eigenvalue weighted by Crippen LogP contribution is 2.20. The monoisotopic (exact) mass is 338 g/mol. The zero-order chi connectivity index (χ0) is 16.8. The molecule has 1 aliphatic rings. The molecule has 6 heteroatoms. The number of ether oxygens (including phenoxy) is 1. The first kappa shape index (κ1) is 17.6. The number of anilines is 1. The van der Waals surface area contributed by atoms with Crippen LogP contribution in [0.2, 0.25) is 5.02 Å². The van der Waals surface area contributed by atoms with E-state index in [0.717, 1.165) is 25.7 Å². The van der Waals surface area contributed by atoms with Gasteiger partial charge in [0.15, 0.2) is 6.10 Å². The minimum atomic E-state index is -0.860. The zero-order valence-electron chi connectivity index (χ0n) is 13.3. The number of halogens is 1. The zero-order valence-corrected chi connectivity index (χ0v) is 14.1. The second kappa shape index (κ2) is 8.20. The summed E-state index contributed by atoms with van der Waals surface area (Å²) in [7, 11) is 0. The molecule has 0 radical (unpaired) electrons. The lowest BCUT2D eigenvalue weighted by atomic mass is 10.1. The molecular formula is C17H23ClN2O3. The Kier molecular flexibility index (Phi) is 6.28. The van der Waals surface area contributed by atoms with Gasteiger partial charge in [-0.05, 0) is 38.0 Å². The van der Waals surface area contributed by atoms with E-state index in [1.54, 1.807) is 13.0 Å². The molecule has 5 nitrogen and oxygen atoms in total. The summed E-state index contributed by atoms with van der Waals surface area (Å²) in [5.41, 5.74) is 6.20. The number of nitrogen functional groups attached to an aromatic ring is 1. The molecule has 1 aromatic carbocycles. The standard InChI is InChI=1S/C17H23ClN2O3/c1-11(16(21)20-13-6-4-2-3-5-7-13)23-17(22)14-9-8-12(18)10-15(14)19/h8-11,13H,2-7,19H2,1H3,(H,20,21)/t11-/m1/s1. The van der Waals surface area contributed by atoms with Crippen molar-refractivity contribution in [2.24, 2.45) is 0 Å². The average Bonchev–Trinajstić information content (AvgIpc) is 2.75. The number of rotatable bonds is 4. The van der Waals surface area contributed by atoms with Crippen molar-refractivity contribution in [2.45, 2.75) is 57.6 Å². The number of carbonyl (C=O) groups excluding carboxylic acids is 2. The van der Waals surface area contributed by atoms with Gasteiger partial charge in [-0.25, -0.2) is 4.79 Å². The van der Waals surface area contributed by atoms with E-state index in [-0.39, 0.29) is 23.2 Å². The number of hydrogen-bond acceptors (Lipinski definition) is 4. The summed E-state index contributed by atoms with van der Waals surface area (Å²) in [6.45, 7) is 1.57. The van der Waals surface area contributed by atoms with Crippen LogP contribution in [0.15, 0.2) is 18.2 Å². The third kappa shape index (κ3) is 5.13. The molecule has 2 rings (SSSR count). The Labute approximate surface area is 141 Å². The van der Waals surface area contributed by atoms with Gasteiger partial charge in [0.2, 0.25) is 0 Å². The van der Waals surface area contributed by atoms with Gasteiger partial charge >= 0.3 is 5.97 Å². The first-order valence-corrected chi connectivity index (χ1v) is 8.41. The number of esters is 1. The predicted octanol–water partition coefficient (Wildman–Crippen LogP) is 3.31. The molecule has 0 aliphatic heterocycles. The second-order valence-electron chi connectivity index (χ2n) is 5.98. The number of nitrogens with one attached hydrogen (secondary N) is 1. The summed E-state index contributed by atoms with van der Waals surface area (Å²) in [4.78, 5) is 24.3. The van der Waals surface area contributed by atoms with E-state index in [2.05, 4.69) is 5.32 Å². The summed E-state index contributed by atoms with van der Waals surface area (Å²) in [6, 6.07) is 4.71. The van der Waals surface area contributed by atoms with Gasteiger partial charge in [-0.15, -0.1) is 0 Å². The van der Waals surface area contributed by atoms with Crippen LogP contribution < -0.4 is 11.1 Å². The van der Waals surface area contributed by atoms with E-state index in [9.17, 15) is 9.59 Å². The van der Waals surface area contributed by atoms with Gasteiger partial charge in [-0.1, -0.05) is 37.3 Å². The fourth-order valence-corrected chi connectivity index (χ4v) is 2.92. The minimum absolute atomic E-state index is 0.173. The van der Waals surface area contributed by atoms with Crippen LogP contribution in [-0.2, 0) is 9.53 Å². The maximum absolute atomic E-state index is 12.2. The molecule has 3 N–H and O–H groups in total. The van der Waals surface area contributed by atoms with Crippen LogP contribution >= 0.6 is 11.6 Å². The van der Waals surface area contributed by atoms with E-state index in [1.165, 1.54) is 25.0 Å². The summed E-state index contributed by atoms with van der Waals surface area (Å²) in [5, 5.41) is 3.41. The fourth-order valence-electron chi connectivity index (χ4n) is 2.74. The van der Waals surface area contributed by atoms with Gasteiger partial charge < -0.3 is 15.8 Å². The molecule has 0 heterocycles. The topological polar surface area (TPSA) is 81.4 Å². The largest absolute Gasteiger partial charge is 0.449 e. The van der Waals surface area contributed by atoms with Crippen LogP contribution in [0.1, 0.15) is 55.8 Å². The number of hydrogen-bond donors (Lipinski definition) is 2. The molecule has 1 amide bonds. The Balaban J connectivity index is 1.90. The molecule has 1 saturated carbocycles. The van der Waals surface area contributed by atoms with Crippen LogP contribution in [0, 0.1) is 0 Å². The van der Waals surface area contributed by atoms with E-state index in [4.69, 9.17) is 22.1 Å². The van der Waals surface area contributed by atoms with Crippen molar-refractivity contribution >= 4 is 29.2 Å². The molecular weight excluding hydrogens is 316 g/mol. The van der Waals surface area contributed by atoms with E-state index in [0.29, 0.717) is 5.02 Å². The minimum Gasteiger partial charge on any atom is -0.449 e. The molecule has 23 heavy (non-hydrogen) atoms. The molecule has 0 bridgehead atoms. The average molecular weight is 339 g/mol. The lowest BCUT2D eigenvalue weighted by Crippen LogP contribution is -2.41. The van der Waals surface area contributed by atoms with Gasteiger partial charge in [0.25, 0.3) is 5.91 Å². The predicted molar refractivity (Wildman–Crippen MR) is 90.4 cm³/mol. The number of amides is 1. The van der Waals surface area contributed by atoms with Crippen molar-refractivity contribution in [3.05, 3.63) is 28.8 Å². The lowest BCUT2D eigenvalue weighted by molar-refractivity contribution is -0.129. The van der Waals surface area contributed by atoms with Crippen LogP contribution in [-0.4, -0.2) is 24.0 Å². The third-order valence-corrected chi connectivity index (χ3v) is 4.32. The van der Waals surface area contributed by atoms with Gasteiger partial charge in [0.05, 0.1) is 5.56 Å². The molecule has 1 aliphatic carbocycles. The highest BCUT2D eigenvalue weighted by atomic mass is 35.5. The molecule has 1 aromatic rings. The fraction of sp³-hybridized carbons (Fsp3) is 0.529. The van der Waals surface area contributed by atoms with E-state index in [1.807, 2.05) is 0 Å². The molecule has 0 spiro atoms. The third-order valence-electron chi connectivity index (χ3n) is 4.09. The maximum atomic E-state index is 12.2. The van der Waals surface area contributed by atoms with Crippen molar-refractivity contribution in [3.63, 3.8) is 0 Å². The second-order valence-corrected chi connectivity index (χ2v) is 6.41. The SMILES string of the molecule is C[C@@H](OC(=O)c1ccc(Cl)cc1N)C(=O)NC1CCCCCC1. The van der Waals surface area contributed by atoms with Crippen LogP contribution in [0.3, 0.4) is 0 Å². The molecule has 0 aromatic heterocycles. The van der Waals surface area contributed by atoms with Crippen molar-refractivity contribution < 1.29 is 14.3 Å². The highest BCUT2D eigenvalue weighted by molar-refractivity contribution is 6.31. The molecule has 126 valence electrons. The van der Waals surface area contributed by atoms with Gasteiger partial charge in [0.1, 0.15) is 0 Å². The van der Waals surface area contributed by atoms with Crippen molar-refractivity contribution in [1.82, 2.24) is 5.32 Å². The first-order valence-electron chi connectivity index (χ1n) is 8.03. The molecule has 1 atom stereocenters. The van der Waals surface area contributed by atoms with Crippen molar-refractivity contribution in [1.29, 1.82) is 0 Å². The Morgan fingerprint density at radius 1 is 1.26 bits per heavy atom. The first-order chi connectivity index (χ1) is 11.0. The Hall–Kier alpha value is -1.75. The van der Waals surface area contributed by atoms with Gasteiger partial charge in [-0.3, -0.25) is 4.79 Å². The Morgan fingerprint density at radius 3 is 2.52 bits per heavy atom. The molecule has 0 unspecified atom stereocenters.